The van der Waals surface area contributed by atoms with Gasteiger partial charge in [-0.15, -0.1) is 0 Å². The third-order valence-corrected chi connectivity index (χ3v) is 6.28. The molecule has 0 radical (unpaired) electrons. The Bertz CT molecular complexity index is 785. The zero-order valence-corrected chi connectivity index (χ0v) is 16.0. The van der Waals surface area contributed by atoms with Crippen molar-refractivity contribution in [3.8, 4) is 0 Å². The van der Waals surface area contributed by atoms with Crippen molar-refractivity contribution in [3.63, 3.8) is 0 Å². The second kappa shape index (κ2) is 6.66. The summed E-state index contributed by atoms with van der Waals surface area (Å²) in [6.45, 7) is 3.82. The van der Waals surface area contributed by atoms with E-state index in [4.69, 9.17) is 0 Å². The first-order valence-corrected chi connectivity index (χ1v) is 9.98. The monoisotopic (exact) mass is 369 g/mol. The number of hydrogen-bond donors (Lipinski definition) is 1. The van der Waals surface area contributed by atoms with Gasteiger partial charge in [0.1, 0.15) is 12.1 Å². The Hall–Kier alpha value is -2.37. The molecule has 1 aromatic rings. The Morgan fingerprint density at radius 3 is 2.67 bits per heavy atom. The molecule has 4 amide bonds. The predicted molar refractivity (Wildman–Crippen MR) is 101 cm³/mol. The summed E-state index contributed by atoms with van der Waals surface area (Å²) in [6.07, 6.45) is 5.57. The van der Waals surface area contributed by atoms with Crippen molar-refractivity contribution in [1.29, 1.82) is 0 Å². The SMILES string of the molecule is CC(C)N(C(=O)CN1C(=O)NC2(CCc3ccccc32)C1=O)C1CCCC1. The molecule has 1 atom stereocenters. The zero-order valence-electron chi connectivity index (χ0n) is 16.0. The van der Waals surface area contributed by atoms with Crippen molar-refractivity contribution in [2.75, 3.05) is 6.54 Å². The van der Waals surface area contributed by atoms with E-state index in [1.54, 1.807) is 0 Å². The van der Waals surface area contributed by atoms with Gasteiger partial charge in [-0.25, -0.2) is 4.79 Å². The molecule has 1 unspecified atom stereocenters. The highest BCUT2D eigenvalue weighted by Gasteiger charge is 2.55. The van der Waals surface area contributed by atoms with Crippen LogP contribution < -0.4 is 5.32 Å². The standard InChI is InChI=1S/C21H27N3O3/c1-14(2)24(16-8-4-5-9-16)18(25)13-23-19(26)21(22-20(23)27)12-11-15-7-3-6-10-17(15)21/h3,6-7,10,14,16H,4-5,8-9,11-13H2,1-2H3,(H,22,27). The Morgan fingerprint density at radius 2 is 1.96 bits per heavy atom. The molecular formula is C21H27N3O3. The van der Waals surface area contributed by atoms with E-state index in [1.165, 1.54) is 0 Å². The Labute approximate surface area is 159 Å². The highest BCUT2D eigenvalue weighted by atomic mass is 16.2. The summed E-state index contributed by atoms with van der Waals surface area (Å²) in [4.78, 5) is 41.9. The molecule has 1 aromatic carbocycles. The number of hydrogen-bond acceptors (Lipinski definition) is 3. The van der Waals surface area contributed by atoms with Crippen LogP contribution in [0.15, 0.2) is 24.3 Å². The summed E-state index contributed by atoms with van der Waals surface area (Å²) >= 11 is 0. The Balaban J connectivity index is 1.56. The van der Waals surface area contributed by atoms with Crippen molar-refractivity contribution in [1.82, 2.24) is 15.1 Å². The van der Waals surface area contributed by atoms with Crippen molar-refractivity contribution >= 4 is 17.8 Å². The molecule has 1 saturated heterocycles. The Morgan fingerprint density at radius 1 is 1.26 bits per heavy atom. The lowest BCUT2D eigenvalue weighted by Gasteiger charge is -2.33. The van der Waals surface area contributed by atoms with Crippen LogP contribution in [0.2, 0.25) is 0 Å². The second-order valence-electron chi connectivity index (χ2n) is 8.22. The van der Waals surface area contributed by atoms with Crippen LogP contribution >= 0.6 is 0 Å². The van der Waals surface area contributed by atoms with E-state index >= 15 is 0 Å². The zero-order chi connectivity index (χ0) is 19.2. The van der Waals surface area contributed by atoms with E-state index in [9.17, 15) is 14.4 Å². The summed E-state index contributed by atoms with van der Waals surface area (Å²) in [6, 6.07) is 7.56. The Kier molecular flexibility index (Phi) is 4.44. The molecule has 1 spiro atoms. The van der Waals surface area contributed by atoms with E-state index in [0.29, 0.717) is 6.42 Å². The number of urea groups is 1. The van der Waals surface area contributed by atoms with Gasteiger partial charge in [-0.1, -0.05) is 37.1 Å². The molecule has 144 valence electrons. The van der Waals surface area contributed by atoms with Crippen LogP contribution in [0.5, 0.6) is 0 Å². The fourth-order valence-corrected chi connectivity index (χ4v) is 5.05. The molecule has 1 N–H and O–H groups in total. The number of amides is 4. The quantitative estimate of drug-likeness (QED) is 0.830. The average Bonchev–Trinajstić information content (AvgIpc) is 3.33. The number of aryl methyl sites for hydroxylation is 1. The van der Waals surface area contributed by atoms with Crippen LogP contribution in [-0.4, -0.2) is 46.3 Å². The average molecular weight is 369 g/mol. The van der Waals surface area contributed by atoms with Gasteiger partial charge in [0, 0.05) is 12.1 Å². The molecule has 4 rings (SSSR count). The number of imide groups is 1. The van der Waals surface area contributed by atoms with E-state index in [-0.39, 0.29) is 30.4 Å². The number of nitrogens with one attached hydrogen (secondary N) is 1. The van der Waals surface area contributed by atoms with Crippen molar-refractivity contribution in [2.45, 2.75) is 70.0 Å². The van der Waals surface area contributed by atoms with Crippen molar-refractivity contribution < 1.29 is 14.4 Å². The summed E-state index contributed by atoms with van der Waals surface area (Å²) in [5.74, 6) is -0.426. The van der Waals surface area contributed by atoms with E-state index in [0.717, 1.165) is 48.1 Å². The number of carbonyl (C=O) groups excluding carboxylic acids is 3. The number of fused-ring (bicyclic) bond motifs is 2. The predicted octanol–water partition coefficient (Wildman–Crippen LogP) is 2.56. The topological polar surface area (TPSA) is 69.7 Å². The highest BCUT2D eigenvalue weighted by Crippen LogP contribution is 2.41. The lowest BCUT2D eigenvalue weighted by molar-refractivity contribution is -0.141. The lowest BCUT2D eigenvalue weighted by atomic mass is 9.92. The molecule has 6 nitrogen and oxygen atoms in total. The minimum atomic E-state index is -0.996. The highest BCUT2D eigenvalue weighted by molar-refractivity contribution is 6.10. The maximum atomic E-state index is 13.2. The summed E-state index contributed by atoms with van der Waals surface area (Å²) in [5, 5.41) is 2.90. The first-order chi connectivity index (χ1) is 12.9. The van der Waals surface area contributed by atoms with Crippen LogP contribution in [0.25, 0.3) is 0 Å². The second-order valence-corrected chi connectivity index (χ2v) is 8.22. The molecule has 0 aromatic heterocycles. The normalized spacial score (nSPS) is 24.8. The minimum absolute atomic E-state index is 0.0579. The third-order valence-electron chi connectivity index (χ3n) is 6.28. The molecule has 1 saturated carbocycles. The fraction of sp³-hybridized carbons (Fsp3) is 0.571. The van der Waals surface area contributed by atoms with E-state index in [1.807, 2.05) is 43.0 Å². The number of carbonyl (C=O) groups is 3. The van der Waals surface area contributed by atoms with Gasteiger partial charge in [-0.2, -0.15) is 0 Å². The van der Waals surface area contributed by atoms with Crippen LogP contribution in [0, 0.1) is 0 Å². The molecule has 1 heterocycles. The molecule has 27 heavy (non-hydrogen) atoms. The molecule has 2 aliphatic carbocycles. The maximum Gasteiger partial charge on any atom is 0.325 e. The summed E-state index contributed by atoms with van der Waals surface area (Å²) < 4.78 is 0. The molecule has 3 aliphatic rings. The largest absolute Gasteiger partial charge is 0.336 e. The van der Waals surface area contributed by atoms with Crippen LogP contribution in [0.1, 0.15) is 57.1 Å². The summed E-state index contributed by atoms with van der Waals surface area (Å²) in [5.41, 5.74) is 0.966. The van der Waals surface area contributed by atoms with Crippen molar-refractivity contribution in [3.05, 3.63) is 35.4 Å². The van der Waals surface area contributed by atoms with Gasteiger partial charge in [0.05, 0.1) is 0 Å². The fourth-order valence-electron chi connectivity index (χ4n) is 5.05. The van der Waals surface area contributed by atoms with Gasteiger partial charge >= 0.3 is 6.03 Å². The van der Waals surface area contributed by atoms with E-state index in [2.05, 4.69) is 5.32 Å². The molecule has 0 bridgehead atoms. The lowest BCUT2D eigenvalue weighted by Crippen LogP contribution is -2.50. The van der Waals surface area contributed by atoms with Crippen LogP contribution in [0.3, 0.4) is 0 Å². The number of rotatable bonds is 4. The van der Waals surface area contributed by atoms with Crippen molar-refractivity contribution in [2.24, 2.45) is 0 Å². The number of benzene rings is 1. The molecule has 6 heteroatoms. The number of nitrogens with zero attached hydrogens (tertiary/aromatic N) is 2. The maximum absolute atomic E-state index is 13.2. The van der Waals surface area contributed by atoms with Gasteiger partial charge in [0.2, 0.25) is 5.91 Å². The van der Waals surface area contributed by atoms with Gasteiger partial charge in [-0.05, 0) is 50.7 Å². The van der Waals surface area contributed by atoms with Gasteiger partial charge in [0.25, 0.3) is 5.91 Å². The molecule has 2 fully saturated rings. The first kappa shape index (κ1) is 18.0. The van der Waals surface area contributed by atoms with Gasteiger partial charge in [-0.3, -0.25) is 14.5 Å². The van der Waals surface area contributed by atoms with Gasteiger partial charge in [0.15, 0.2) is 0 Å². The van der Waals surface area contributed by atoms with Gasteiger partial charge < -0.3 is 10.2 Å². The summed E-state index contributed by atoms with van der Waals surface area (Å²) in [7, 11) is 0. The molecule has 1 aliphatic heterocycles. The minimum Gasteiger partial charge on any atom is -0.336 e. The molecular weight excluding hydrogens is 342 g/mol. The smallest absolute Gasteiger partial charge is 0.325 e. The first-order valence-electron chi connectivity index (χ1n) is 9.98. The van der Waals surface area contributed by atoms with E-state index < -0.39 is 11.6 Å². The third kappa shape index (κ3) is 2.82. The van der Waals surface area contributed by atoms with Crippen LogP contribution in [-0.2, 0) is 21.5 Å². The van der Waals surface area contributed by atoms with Crippen LogP contribution in [0.4, 0.5) is 4.79 Å².